The van der Waals surface area contributed by atoms with Crippen molar-refractivity contribution in [2.45, 2.75) is 92.0 Å². The lowest BCUT2D eigenvalue weighted by atomic mass is 9.76. The van der Waals surface area contributed by atoms with Crippen LogP contribution in [0.15, 0.2) is 18.2 Å². The lowest BCUT2D eigenvalue weighted by Gasteiger charge is -2.24. The molecule has 0 spiro atoms. The summed E-state index contributed by atoms with van der Waals surface area (Å²) in [6.45, 7) is 17.4. The Bertz CT molecular complexity index is 701. The van der Waals surface area contributed by atoms with Gasteiger partial charge in [0, 0.05) is 31.4 Å². The first-order valence-corrected chi connectivity index (χ1v) is 10.00. The molecule has 0 bridgehead atoms. The molecule has 1 aliphatic heterocycles. The molecule has 1 aliphatic rings. The van der Waals surface area contributed by atoms with E-state index < -0.39 is 5.97 Å². The Balaban J connectivity index is 2.95. The maximum Gasteiger partial charge on any atom is 0.397 e. The predicted molar refractivity (Wildman–Crippen MR) is 109 cm³/mol. The highest BCUT2D eigenvalue weighted by Crippen LogP contribution is 2.48. The van der Waals surface area contributed by atoms with E-state index in [1.54, 1.807) is 0 Å². The summed E-state index contributed by atoms with van der Waals surface area (Å²) in [5, 5.41) is 10.2. The molecule has 0 saturated heterocycles. The number of rotatable bonds is 6. The van der Waals surface area contributed by atoms with Gasteiger partial charge in [0.05, 0.1) is 5.41 Å². The lowest BCUT2D eigenvalue weighted by molar-refractivity contribution is -0.516. The molecule has 0 aliphatic carbocycles. The molecule has 3 nitrogen and oxygen atoms in total. The van der Waals surface area contributed by atoms with E-state index in [-0.39, 0.29) is 11.0 Å². The third-order valence-corrected chi connectivity index (χ3v) is 5.79. The number of aliphatic carboxylic acids is 1. The topological polar surface area (TPSA) is 40.3 Å². The highest BCUT2D eigenvalue weighted by Gasteiger charge is 2.58. The first kappa shape index (κ1) is 20.7. The summed E-state index contributed by atoms with van der Waals surface area (Å²) >= 11 is 0. The predicted octanol–water partition coefficient (Wildman–Crippen LogP) is 6.09. The molecule has 0 amide bonds. The van der Waals surface area contributed by atoms with Crippen molar-refractivity contribution < 1.29 is 14.5 Å². The van der Waals surface area contributed by atoms with Gasteiger partial charge in [-0.05, 0) is 25.2 Å². The Kier molecular flexibility index (Phi) is 5.70. The summed E-state index contributed by atoms with van der Waals surface area (Å²) in [5.41, 5.74) is 3.64. The van der Waals surface area contributed by atoms with Crippen molar-refractivity contribution in [1.82, 2.24) is 0 Å². The minimum atomic E-state index is -0.778. The van der Waals surface area contributed by atoms with Gasteiger partial charge in [0.15, 0.2) is 5.54 Å². The SMILES string of the molecule is CCCC1(C)CC(C)(C)[N+](c2c(C(C)C)cccc2C(C)C)=C1C(=O)O. The van der Waals surface area contributed by atoms with Gasteiger partial charge in [0.1, 0.15) is 0 Å². The van der Waals surface area contributed by atoms with Crippen LogP contribution >= 0.6 is 0 Å². The second kappa shape index (κ2) is 7.17. The molecule has 26 heavy (non-hydrogen) atoms. The molecule has 1 N–H and O–H groups in total. The Hall–Kier alpha value is -1.64. The highest BCUT2D eigenvalue weighted by atomic mass is 16.4. The average molecular weight is 359 g/mol. The molecule has 1 atom stereocenters. The van der Waals surface area contributed by atoms with E-state index in [1.165, 1.54) is 11.1 Å². The van der Waals surface area contributed by atoms with Gasteiger partial charge in [0.25, 0.3) is 5.71 Å². The number of carbonyl (C=O) groups is 1. The van der Waals surface area contributed by atoms with Crippen molar-refractivity contribution in [1.29, 1.82) is 0 Å². The van der Waals surface area contributed by atoms with E-state index in [0.29, 0.717) is 17.5 Å². The molecule has 1 heterocycles. The number of carboxylic acids is 1. The van der Waals surface area contributed by atoms with Crippen molar-refractivity contribution in [2.24, 2.45) is 5.41 Å². The largest absolute Gasteiger partial charge is 0.474 e. The maximum atomic E-state index is 12.4. The zero-order valence-corrected chi connectivity index (χ0v) is 17.8. The van der Waals surface area contributed by atoms with Gasteiger partial charge in [-0.1, -0.05) is 59.2 Å². The fourth-order valence-electron chi connectivity index (χ4n) is 4.99. The van der Waals surface area contributed by atoms with Crippen LogP contribution in [-0.4, -0.2) is 26.9 Å². The van der Waals surface area contributed by atoms with Crippen LogP contribution in [0.4, 0.5) is 5.69 Å². The molecule has 0 aromatic heterocycles. The zero-order valence-electron chi connectivity index (χ0n) is 17.8. The molecule has 144 valence electrons. The second-order valence-corrected chi connectivity index (χ2v) is 9.38. The Morgan fingerprint density at radius 2 is 1.62 bits per heavy atom. The van der Waals surface area contributed by atoms with E-state index >= 15 is 0 Å². The monoisotopic (exact) mass is 358 g/mol. The zero-order chi connectivity index (χ0) is 19.9. The number of carboxylic acid groups (broad SMARTS) is 1. The summed E-state index contributed by atoms with van der Waals surface area (Å²) in [5.74, 6) is -0.0973. The number of hydrogen-bond acceptors (Lipinski definition) is 1. The molecule has 1 unspecified atom stereocenters. The second-order valence-electron chi connectivity index (χ2n) is 9.38. The fraction of sp³-hybridized carbons (Fsp3) is 0.652. The Labute approximate surface area is 159 Å². The summed E-state index contributed by atoms with van der Waals surface area (Å²) in [6, 6.07) is 6.44. The Morgan fingerprint density at radius 1 is 1.12 bits per heavy atom. The maximum absolute atomic E-state index is 12.4. The van der Waals surface area contributed by atoms with E-state index in [1.807, 2.05) is 0 Å². The van der Waals surface area contributed by atoms with E-state index in [0.717, 1.165) is 24.9 Å². The van der Waals surface area contributed by atoms with Crippen LogP contribution < -0.4 is 0 Å². The van der Waals surface area contributed by atoms with Gasteiger partial charge in [-0.3, -0.25) is 0 Å². The van der Waals surface area contributed by atoms with Gasteiger partial charge >= 0.3 is 5.97 Å². The quantitative estimate of drug-likeness (QED) is 0.625. The van der Waals surface area contributed by atoms with Crippen molar-refractivity contribution in [3.05, 3.63) is 29.3 Å². The Morgan fingerprint density at radius 3 is 2.00 bits per heavy atom. The van der Waals surface area contributed by atoms with E-state index in [4.69, 9.17) is 0 Å². The average Bonchev–Trinajstić information content (AvgIpc) is 2.71. The normalized spacial score (nSPS) is 22.5. The number of hydrogen-bond donors (Lipinski definition) is 1. The summed E-state index contributed by atoms with van der Waals surface area (Å²) < 4.78 is 2.18. The molecule has 0 saturated carbocycles. The van der Waals surface area contributed by atoms with E-state index in [2.05, 4.69) is 78.2 Å². The fourth-order valence-corrected chi connectivity index (χ4v) is 4.99. The molecule has 0 radical (unpaired) electrons. The third-order valence-electron chi connectivity index (χ3n) is 5.79. The van der Waals surface area contributed by atoms with Crippen LogP contribution in [0.3, 0.4) is 0 Å². The molecule has 3 heteroatoms. The van der Waals surface area contributed by atoms with Crippen LogP contribution in [0.1, 0.15) is 97.6 Å². The number of nitrogens with zero attached hydrogens (tertiary/aromatic N) is 1. The molecule has 1 aromatic carbocycles. The third kappa shape index (κ3) is 3.45. The lowest BCUT2D eigenvalue weighted by Crippen LogP contribution is -2.35. The molecular weight excluding hydrogens is 322 g/mol. The molecule has 1 aromatic rings. The summed E-state index contributed by atoms with van der Waals surface area (Å²) in [6.07, 6.45) is 2.74. The minimum absolute atomic E-state index is 0.230. The highest BCUT2D eigenvalue weighted by molar-refractivity contribution is 6.36. The smallest absolute Gasteiger partial charge is 0.397 e. The van der Waals surface area contributed by atoms with Crippen LogP contribution in [0.2, 0.25) is 0 Å². The van der Waals surface area contributed by atoms with Gasteiger partial charge in [-0.2, -0.15) is 4.58 Å². The van der Waals surface area contributed by atoms with Crippen LogP contribution in [0.5, 0.6) is 0 Å². The van der Waals surface area contributed by atoms with E-state index in [9.17, 15) is 9.90 Å². The molecule has 2 rings (SSSR count). The molecular formula is C23H36NO2+. The molecule has 0 fully saturated rings. The van der Waals surface area contributed by atoms with Crippen molar-refractivity contribution in [3.63, 3.8) is 0 Å². The van der Waals surface area contributed by atoms with Crippen molar-refractivity contribution >= 4 is 17.4 Å². The first-order chi connectivity index (χ1) is 12.0. The van der Waals surface area contributed by atoms with Gasteiger partial charge in [-0.15, -0.1) is 0 Å². The van der Waals surface area contributed by atoms with Crippen LogP contribution in [-0.2, 0) is 4.79 Å². The summed E-state index contributed by atoms with van der Waals surface area (Å²) in [4.78, 5) is 12.4. The number of benzene rings is 1. The summed E-state index contributed by atoms with van der Waals surface area (Å²) in [7, 11) is 0. The number of para-hydroxylation sites is 1. The van der Waals surface area contributed by atoms with Crippen molar-refractivity contribution in [2.75, 3.05) is 0 Å². The van der Waals surface area contributed by atoms with Crippen LogP contribution in [0, 0.1) is 5.41 Å². The minimum Gasteiger partial charge on any atom is -0.474 e. The van der Waals surface area contributed by atoms with Gasteiger partial charge < -0.3 is 5.11 Å². The first-order valence-electron chi connectivity index (χ1n) is 10.00. The van der Waals surface area contributed by atoms with Crippen molar-refractivity contribution in [3.8, 4) is 0 Å². The van der Waals surface area contributed by atoms with Gasteiger partial charge in [0.2, 0.25) is 5.69 Å². The standard InChI is InChI=1S/C23H35NO2/c1-9-13-23(8)14-22(6,7)24(20(23)21(25)26)19-17(15(2)3)11-10-12-18(19)16(4)5/h10-12,15-16H,9,13-14H2,1-8H3/p+1. The van der Waals surface area contributed by atoms with Gasteiger partial charge in [-0.25, -0.2) is 4.79 Å². The van der Waals surface area contributed by atoms with Crippen LogP contribution in [0.25, 0.3) is 0 Å².